The Hall–Kier alpha value is -3.11. The van der Waals surface area contributed by atoms with Crippen LogP contribution in [-0.4, -0.2) is 5.91 Å². The minimum atomic E-state index is -0.0759. The van der Waals surface area contributed by atoms with Crippen molar-refractivity contribution < 1.29 is 9.53 Å². The lowest BCUT2D eigenvalue weighted by Crippen LogP contribution is -2.11. The van der Waals surface area contributed by atoms with Crippen molar-refractivity contribution in [2.45, 2.75) is 0 Å². The number of carbonyl (C=O) groups is 1. The fourth-order valence-corrected chi connectivity index (χ4v) is 3.30. The molecule has 0 aliphatic carbocycles. The highest BCUT2D eigenvalue weighted by Crippen LogP contribution is 2.31. The first kappa shape index (κ1) is 15.4. The highest BCUT2D eigenvalue weighted by Gasteiger charge is 2.21. The Labute approximate surface area is 149 Å². The van der Waals surface area contributed by atoms with E-state index in [9.17, 15) is 4.79 Å². The third kappa shape index (κ3) is 3.39. The predicted octanol–water partition coefficient (Wildman–Crippen LogP) is 5.09. The highest BCUT2D eigenvalue weighted by molar-refractivity contribution is 7.10. The molecule has 0 unspecified atom stereocenters. The fraction of sp³-hybridized carbons (Fsp3) is 0. The summed E-state index contributed by atoms with van der Waals surface area (Å²) in [5.41, 5.74) is 2.55. The summed E-state index contributed by atoms with van der Waals surface area (Å²) in [6.45, 7) is 0. The van der Waals surface area contributed by atoms with Gasteiger partial charge in [-0.1, -0.05) is 36.4 Å². The molecule has 0 bridgehead atoms. The highest BCUT2D eigenvalue weighted by atomic mass is 32.1. The van der Waals surface area contributed by atoms with Gasteiger partial charge >= 0.3 is 0 Å². The maximum atomic E-state index is 12.1. The molecule has 122 valence electrons. The van der Waals surface area contributed by atoms with E-state index in [0.29, 0.717) is 5.57 Å². The third-order valence-electron chi connectivity index (χ3n) is 3.86. The van der Waals surface area contributed by atoms with Gasteiger partial charge in [0.15, 0.2) is 0 Å². The smallest absolute Gasteiger partial charge is 0.255 e. The van der Waals surface area contributed by atoms with E-state index < -0.39 is 0 Å². The average molecular weight is 345 g/mol. The van der Waals surface area contributed by atoms with Crippen LogP contribution in [0.3, 0.4) is 0 Å². The summed E-state index contributed by atoms with van der Waals surface area (Å²) in [6, 6.07) is 21.4. The summed E-state index contributed by atoms with van der Waals surface area (Å²) in [5, 5.41) is 4.79. The molecule has 4 heteroatoms. The van der Waals surface area contributed by atoms with E-state index in [4.69, 9.17) is 4.74 Å². The van der Waals surface area contributed by atoms with Crippen molar-refractivity contribution in [2.75, 3.05) is 0 Å². The number of benzene rings is 2. The van der Waals surface area contributed by atoms with Gasteiger partial charge in [0.1, 0.15) is 11.5 Å². The molecule has 2 aromatic carbocycles. The van der Waals surface area contributed by atoms with Gasteiger partial charge in [-0.3, -0.25) is 4.79 Å². The van der Waals surface area contributed by atoms with Crippen LogP contribution in [0.15, 0.2) is 83.9 Å². The largest absolute Gasteiger partial charge is 0.457 e. The van der Waals surface area contributed by atoms with Gasteiger partial charge in [0.25, 0.3) is 5.91 Å². The van der Waals surface area contributed by atoms with E-state index in [1.807, 2.05) is 78.2 Å². The van der Waals surface area contributed by atoms with Crippen molar-refractivity contribution in [3.63, 3.8) is 0 Å². The summed E-state index contributed by atoms with van der Waals surface area (Å²) in [4.78, 5) is 13.2. The number of amides is 1. The SMILES string of the molecule is O=C1NC=C(c2ccc(Oc3ccccc3)cc2)/C1=C\c1cccs1. The van der Waals surface area contributed by atoms with Crippen molar-refractivity contribution in [3.8, 4) is 11.5 Å². The van der Waals surface area contributed by atoms with Crippen LogP contribution in [0.1, 0.15) is 10.4 Å². The van der Waals surface area contributed by atoms with Crippen molar-refractivity contribution in [1.82, 2.24) is 5.32 Å². The lowest BCUT2D eigenvalue weighted by Gasteiger charge is -2.08. The number of hydrogen-bond donors (Lipinski definition) is 1. The molecule has 1 aliphatic rings. The lowest BCUT2D eigenvalue weighted by molar-refractivity contribution is -0.115. The molecule has 1 aromatic heterocycles. The zero-order valence-electron chi connectivity index (χ0n) is 13.3. The second-order valence-corrected chi connectivity index (χ2v) is 6.52. The monoisotopic (exact) mass is 345 g/mol. The first-order valence-corrected chi connectivity index (χ1v) is 8.77. The van der Waals surface area contributed by atoms with E-state index in [2.05, 4.69) is 5.32 Å². The van der Waals surface area contributed by atoms with Gasteiger partial charge < -0.3 is 10.1 Å². The van der Waals surface area contributed by atoms with Crippen molar-refractivity contribution in [3.05, 3.63) is 94.3 Å². The Bertz CT molecular complexity index is 939. The predicted molar refractivity (Wildman–Crippen MR) is 101 cm³/mol. The number of nitrogens with one attached hydrogen (secondary N) is 1. The quantitative estimate of drug-likeness (QED) is 0.669. The number of ether oxygens (including phenoxy) is 1. The summed E-state index contributed by atoms with van der Waals surface area (Å²) >= 11 is 1.61. The normalized spacial score (nSPS) is 15.1. The zero-order valence-corrected chi connectivity index (χ0v) is 14.1. The van der Waals surface area contributed by atoms with Gasteiger partial charge in [-0.05, 0) is 47.4 Å². The molecule has 1 aliphatic heterocycles. The fourth-order valence-electron chi connectivity index (χ4n) is 2.64. The minimum Gasteiger partial charge on any atom is -0.457 e. The van der Waals surface area contributed by atoms with E-state index >= 15 is 0 Å². The molecule has 2 heterocycles. The molecule has 1 amide bonds. The first-order valence-electron chi connectivity index (χ1n) is 7.89. The van der Waals surface area contributed by atoms with E-state index in [-0.39, 0.29) is 5.91 Å². The van der Waals surface area contributed by atoms with Crippen molar-refractivity contribution in [1.29, 1.82) is 0 Å². The van der Waals surface area contributed by atoms with E-state index in [1.165, 1.54) is 0 Å². The number of thiophene rings is 1. The second kappa shape index (κ2) is 6.79. The molecule has 0 saturated carbocycles. The van der Waals surface area contributed by atoms with Gasteiger partial charge in [-0.25, -0.2) is 0 Å². The Morgan fingerprint density at radius 3 is 2.36 bits per heavy atom. The number of carbonyl (C=O) groups excluding carboxylic acids is 1. The molecule has 0 atom stereocenters. The molecule has 0 saturated heterocycles. The number of para-hydroxylation sites is 1. The Morgan fingerprint density at radius 2 is 1.64 bits per heavy atom. The lowest BCUT2D eigenvalue weighted by atomic mass is 10.00. The first-order chi connectivity index (χ1) is 12.3. The summed E-state index contributed by atoms with van der Waals surface area (Å²) in [5.74, 6) is 1.48. The molecule has 25 heavy (non-hydrogen) atoms. The van der Waals surface area contributed by atoms with Crippen LogP contribution in [-0.2, 0) is 4.79 Å². The second-order valence-electron chi connectivity index (χ2n) is 5.54. The number of hydrogen-bond acceptors (Lipinski definition) is 3. The topological polar surface area (TPSA) is 38.3 Å². The van der Waals surface area contributed by atoms with Crippen LogP contribution in [0.4, 0.5) is 0 Å². The number of rotatable bonds is 4. The van der Waals surface area contributed by atoms with Crippen molar-refractivity contribution >= 4 is 28.9 Å². The molecule has 3 aromatic rings. The van der Waals surface area contributed by atoms with Gasteiger partial charge in [0.2, 0.25) is 0 Å². The standard InChI is InChI=1S/C21H15NO2S/c23-21-19(13-18-7-4-12-25-18)20(14-22-21)15-8-10-17(11-9-15)24-16-5-2-1-3-6-16/h1-14H,(H,22,23)/b19-13+. The average Bonchev–Trinajstić information content (AvgIpc) is 3.28. The van der Waals surface area contributed by atoms with Crippen LogP contribution in [0.2, 0.25) is 0 Å². The summed E-state index contributed by atoms with van der Waals surface area (Å²) < 4.78 is 5.81. The Morgan fingerprint density at radius 1 is 0.880 bits per heavy atom. The molecular formula is C21H15NO2S. The van der Waals surface area contributed by atoms with Crippen LogP contribution >= 0.6 is 11.3 Å². The van der Waals surface area contributed by atoms with Gasteiger partial charge in [0.05, 0.1) is 5.57 Å². The Kier molecular flexibility index (Phi) is 4.19. The summed E-state index contributed by atoms with van der Waals surface area (Å²) in [6.07, 6.45) is 3.68. The zero-order chi connectivity index (χ0) is 17.1. The maximum absolute atomic E-state index is 12.1. The molecular weight excluding hydrogens is 330 g/mol. The Balaban J connectivity index is 1.58. The van der Waals surface area contributed by atoms with Gasteiger partial charge in [-0.15, -0.1) is 11.3 Å². The van der Waals surface area contributed by atoms with Crippen LogP contribution in [0, 0.1) is 0 Å². The van der Waals surface area contributed by atoms with Crippen LogP contribution in [0.5, 0.6) is 11.5 Å². The van der Waals surface area contributed by atoms with E-state index in [1.54, 1.807) is 17.5 Å². The molecule has 0 spiro atoms. The summed E-state index contributed by atoms with van der Waals surface area (Å²) in [7, 11) is 0. The molecule has 0 radical (unpaired) electrons. The van der Waals surface area contributed by atoms with Crippen molar-refractivity contribution in [2.24, 2.45) is 0 Å². The third-order valence-corrected chi connectivity index (χ3v) is 4.68. The molecule has 1 N–H and O–H groups in total. The van der Waals surface area contributed by atoms with Crippen LogP contribution in [0.25, 0.3) is 11.6 Å². The van der Waals surface area contributed by atoms with Gasteiger partial charge in [-0.2, -0.15) is 0 Å². The molecule has 4 rings (SSSR count). The minimum absolute atomic E-state index is 0.0759. The van der Waals surface area contributed by atoms with Crippen LogP contribution < -0.4 is 10.1 Å². The van der Waals surface area contributed by atoms with Gasteiger partial charge in [0, 0.05) is 16.7 Å². The van der Waals surface area contributed by atoms with E-state index in [0.717, 1.165) is 27.5 Å². The molecule has 0 fully saturated rings. The maximum Gasteiger partial charge on any atom is 0.255 e. The molecule has 3 nitrogen and oxygen atoms in total.